The van der Waals surface area contributed by atoms with Crippen molar-refractivity contribution in [1.29, 1.82) is 0 Å². The van der Waals surface area contributed by atoms with Crippen molar-refractivity contribution in [3.63, 3.8) is 0 Å². The van der Waals surface area contributed by atoms with Crippen molar-refractivity contribution >= 4 is 12.0 Å². The highest BCUT2D eigenvalue weighted by Crippen LogP contribution is 2.25. The van der Waals surface area contributed by atoms with E-state index in [2.05, 4.69) is 4.98 Å². The third-order valence-corrected chi connectivity index (χ3v) is 2.25. The number of carbonyl (C=O) groups excluding carboxylic acids is 1. The Balaban J connectivity index is 2.55. The summed E-state index contributed by atoms with van der Waals surface area (Å²) in [5.41, 5.74) is 6.10. The van der Waals surface area contributed by atoms with Gasteiger partial charge in [0.1, 0.15) is 0 Å². The molecular formula is C12H8F2N2O. The van der Waals surface area contributed by atoms with Crippen LogP contribution in [0.2, 0.25) is 0 Å². The minimum atomic E-state index is -1.03. The maximum atomic E-state index is 13.5. The van der Waals surface area contributed by atoms with E-state index in [0.29, 0.717) is 11.8 Å². The summed E-state index contributed by atoms with van der Waals surface area (Å²) in [6.07, 6.45) is 1.90. The molecule has 0 aliphatic rings. The molecule has 1 aromatic heterocycles. The fraction of sp³-hybridized carbons (Fsp3) is 0. The molecule has 0 fully saturated rings. The van der Waals surface area contributed by atoms with Crippen LogP contribution in [0.15, 0.2) is 30.5 Å². The topological polar surface area (TPSA) is 56.0 Å². The Morgan fingerprint density at radius 2 is 2.00 bits per heavy atom. The molecule has 0 aliphatic carbocycles. The van der Waals surface area contributed by atoms with Crippen LogP contribution in [-0.2, 0) is 0 Å². The number of nitrogen functional groups attached to an aromatic ring is 1. The van der Waals surface area contributed by atoms with Gasteiger partial charge in [0.25, 0.3) is 0 Å². The molecule has 2 aromatic rings. The predicted octanol–water partition coefficient (Wildman–Crippen LogP) is 2.42. The van der Waals surface area contributed by atoms with E-state index in [4.69, 9.17) is 5.73 Å². The third kappa shape index (κ3) is 2.13. The molecule has 0 spiro atoms. The van der Waals surface area contributed by atoms with Crippen LogP contribution >= 0.6 is 0 Å². The number of pyridine rings is 1. The maximum absolute atomic E-state index is 13.5. The lowest BCUT2D eigenvalue weighted by molar-refractivity contribution is 0.112. The van der Waals surface area contributed by atoms with Crippen molar-refractivity contribution in [2.24, 2.45) is 0 Å². The van der Waals surface area contributed by atoms with E-state index in [1.165, 1.54) is 24.4 Å². The second-order valence-corrected chi connectivity index (χ2v) is 3.46. The van der Waals surface area contributed by atoms with Crippen molar-refractivity contribution in [3.05, 3.63) is 47.7 Å². The van der Waals surface area contributed by atoms with Gasteiger partial charge in [-0.2, -0.15) is 0 Å². The summed E-state index contributed by atoms with van der Waals surface area (Å²) in [5.74, 6) is -2.04. The molecule has 86 valence electrons. The molecule has 0 unspecified atom stereocenters. The lowest BCUT2D eigenvalue weighted by Crippen LogP contribution is -1.96. The monoisotopic (exact) mass is 234 g/mol. The summed E-state index contributed by atoms with van der Waals surface area (Å²) >= 11 is 0. The molecule has 2 N–H and O–H groups in total. The van der Waals surface area contributed by atoms with Gasteiger partial charge in [-0.1, -0.05) is 0 Å². The molecule has 5 heteroatoms. The van der Waals surface area contributed by atoms with E-state index in [1.807, 2.05) is 0 Å². The summed E-state index contributed by atoms with van der Waals surface area (Å²) in [5, 5.41) is 0. The number of anilines is 1. The van der Waals surface area contributed by atoms with Crippen LogP contribution in [-0.4, -0.2) is 11.3 Å². The minimum absolute atomic E-state index is 0.0278. The van der Waals surface area contributed by atoms with Crippen molar-refractivity contribution in [2.45, 2.75) is 0 Å². The largest absolute Gasteiger partial charge is 0.399 e. The van der Waals surface area contributed by atoms with Crippen LogP contribution in [0.3, 0.4) is 0 Å². The fourth-order valence-corrected chi connectivity index (χ4v) is 1.43. The standard InChI is InChI=1S/C12H8F2N2O/c13-10-4-8(15)3-9(12(10)14)11-2-1-7(6-17)5-16-11/h1-6H,15H2. The van der Waals surface area contributed by atoms with E-state index < -0.39 is 11.6 Å². The molecule has 0 aliphatic heterocycles. The second-order valence-electron chi connectivity index (χ2n) is 3.46. The van der Waals surface area contributed by atoms with Crippen LogP contribution in [0.1, 0.15) is 10.4 Å². The normalized spacial score (nSPS) is 10.2. The Bertz CT molecular complexity index is 567. The van der Waals surface area contributed by atoms with Gasteiger partial charge in [0, 0.05) is 23.0 Å². The number of halogens is 2. The summed E-state index contributed by atoms with van der Waals surface area (Å²) in [6.45, 7) is 0. The van der Waals surface area contributed by atoms with E-state index in [0.717, 1.165) is 6.07 Å². The summed E-state index contributed by atoms with van der Waals surface area (Å²) < 4.78 is 26.6. The lowest BCUT2D eigenvalue weighted by atomic mass is 10.1. The first-order valence-corrected chi connectivity index (χ1v) is 4.78. The number of aldehydes is 1. The third-order valence-electron chi connectivity index (χ3n) is 2.25. The van der Waals surface area contributed by atoms with Crippen molar-refractivity contribution < 1.29 is 13.6 Å². The molecule has 1 heterocycles. The van der Waals surface area contributed by atoms with E-state index in [-0.39, 0.29) is 16.9 Å². The Morgan fingerprint density at radius 3 is 2.59 bits per heavy atom. The first-order chi connectivity index (χ1) is 8.11. The van der Waals surface area contributed by atoms with Gasteiger partial charge in [0.15, 0.2) is 17.9 Å². The number of aromatic nitrogens is 1. The minimum Gasteiger partial charge on any atom is -0.399 e. The van der Waals surface area contributed by atoms with Gasteiger partial charge in [-0.05, 0) is 24.3 Å². The van der Waals surface area contributed by atoms with Crippen molar-refractivity contribution in [1.82, 2.24) is 4.98 Å². The van der Waals surface area contributed by atoms with E-state index in [9.17, 15) is 13.6 Å². The van der Waals surface area contributed by atoms with Crippen molar-refractivity contribution in [2.75, 3.05) is 5.73 Å². The molecule has 17 heavy (non-hydrogen) atoms. The van der Waals surface area contributed by atoms with Gasteiger partial charge in [0.05, 0.1) is 5.69 Å². The zero-order valence-electron chi connectivity index (χ0n) is 8.65. The average Bonchev–Trinajstić information content (AvgIpc) is 2.34. The number of nitrogens with zero attached hydrogens (tertiary/aromatic N) is 1. The quantitative estimate of drug-likeness (QED) is 0.641. The molecule has 0 amide bonds. The number of rotatable bonds is 2. The van der Waals surface area contributed by atoms with Gasteiger partial charge in [0.2, 0.25) is 0 Å². The van der Waals surface area contributed by atoms with Crippen LogP contribution in [0.5, 0.6) is 0 Å². The Hall–Kier alpha value is -2.30. The molecule has 0 radical (unpaired) electrons. The Labute approximate surface area is 95.9 Å². The number of hydrogen-bond donors (Lipinski definition) is 1. The highest BCUT2D eigenvalue weighted by atomic mass is 19.2. The molecule has 1 aromatic carbocycles. The first kappa shape index (κ1) is 11.2. The number of nitrogens with two attached hydrogens (primary N) is 1. The van der Waals surface area contributed by atoms with Gasteiger partial charge in [-0.3, -0.25) is 9.78 Å². The van der Waals surface area contributed by atoms with Crippen LogP contribution < -0.4 is 5.73 Å². The van der Waals surface area contributed by atoms with Gasteiger partial charge >= 0.3 is 0 Å². The van der Waals surface area contributed by atoms with E-state index >= 15 is 0 Å². The number of carbonyl (C=O) groups is 1. The predicted molar refractivity (Wildman–Crippen MR) is 59.4 cm³/mol. The van der Waals surface area contributed by atoms with Crippen molar-refractivity contribution in [3.8, 4) is 11.3 Å². The number of hydrogen-bond acceptors (Lipinski definition) is 3. The van der Waals surface area contributed by atoms with Gasteiger partial charge in [-0.15, -0.1) is 0 Å². The highest BCUT2D eigenvalue weighted by Gasteiger charge is 2.12. The zero-order valence-corrected chi connectivity index (χ0v) is 8.65. The molecule has 0 bridgehead atoms. The second kappa shape index (κ2) is 4.29. The SMILES string of the molecule is Nc1cc(F)c(F)c(-c2ccc(C=O)cn2)c1. The van der Waals surface area contributed by atoms with Gasteiger partial charge in [-0.25, -0.2) is 8.78 Å². The molecule has 0 saturated heterocycles. The summed E-state index contributed by atoms with van der Waals surface area (Å²) in [6, 6.07) is 5.09. The van der Waals surface area contributed by atoms with Gasteiger partial charge < -0.3 is 5.73 Å². The van der Waals surface area contributed by atoms with Crippen LogP contribution in [0.4, 0.5) is 14.5 Å². The number of benzene rings is 1. The Kier molecular flexibility index (Phi) is 2.82. The molecule has 0 saturated carbocycles. The fourth-order valence-electron chi connectivity index (χ4n) is 1.43. The Morgan fingerprint density at radius 1 is 1.24 bits per heavy atom. The van der Waals surface area contributed by atoms with Crippen LogP contribution in [0, 0.1) is 11.6 Å². The van der Waals surface area contributed by atoms with E-state index in [1.54, 1.807) is 0 Å². The summed E-state index contributed by atoms with van der Waals surface area (Å²) in [4.78, 5) is 14.3. The lowest BCUT2D eigenvalue weighted by Gasteiger charge is -2.05. The first-order valence-electron chi connectivity index (χ1n) is 4.78. The molecule has 3 nitrogen and oxygen atoms in total. The molecular weight excluding hydrogens is 226 g/mol. The average molecular weight is 234 g/mol. The molecule has 2 rings (SSSR count). The zero-order chi connectivity index (χ0) is 12.4. The smallest absolute Gasteiger partial charge is 0.168 e. The van der Waals surface area contributed by atoms with Crippen LogP contribution in [0.25, 0.3) is 11.3 Å². The molecule has 0 atom stereocenters. The maximum Gasteiger partial charge on any atom is 0.168 e. The summed E-state index contributed by atoms with van der Waals surface area (Å²) in [7, 11) is 0. The highest BCUT2D eigenvalue weighted by molar-refractivity contribution is 5.75.